The molecule has 1 N–H and O–H groups in total. The maximum atomic E-state index is 9.40. The van der Waals surface area contributed by atoms with Gasteiger partial charge in [-0.25, -0.2) is 0 Å². The molecule has 0 unspecified atom stereocenters. The van der Waals surface area contributed by atoms with Crippen LogP contribution in [0.4, 0.5) is 6.01 Å². The Morgan fingerprint density at radius 1 is 1.44 bits per heavy atom. The Bertz CT molecular complexity index is 330. The molecule has 0 amide bonds. The van der Waals surface area contributed by atoms with E-state index >= 15 is 0 Å². The molecule has 5 nitrogen and oxygen atoms in total. The minimum absolute atomic E-state index is 0.172. The highest BCUT2D eigenvalue weighted by molar-refractivity contribution is 5.25. The first kappa shape index (κ1) is 11.4. The fourth-order valence-electron chi connectivity index (χ4n) is 1.88. The smallest absolute Gasteiger partial charge is 0.324 e. The molecule has 0 saturated carbocycles. The number of nitrogens with zero attached hydrogens (tertiary/aromatic N) is 3. The van der Waals surface area contributed by atoms with Gasteiger partial charge in [0.05, 0.1) is 6.10 Å². The number of anilines is 1. The molecule has 1 aromatic heterocycles. The fraction of sp³-hybridized carbons (Fsp3) is 0.818. The lowest BCUT2D eigenvalue weighted by molar-refractivity contribution is 0.143. The molecule has 0 atom stereocenters. The second-order valence-corrected chi connectivity index (χ2v) is 4.81. The van der Waals surface area contributed by atoms with Gasteiger partial charge >= 0.3 is 6.01 Å². The Morgan fingerprint density at radius 2 is 2.12 bits per heavy atom. The van der Waals surface area contributed by atoms with Crippen LogP contribution in [0, 0.1) is 5.92 Å². The molecule has 2 heterocycles. The van der Waals surface area contributed by atoms with Gasteiger partial charge in [0.2, 0.25) is 0 Å². The van der Waals surface area contributed by atoms with Gasteiger partial charge in [0.15, 0.2) is 5.82 Å². The minimum atomic E-state index is -0.172. The number of aliphatic hydroxyl groups excluding tert-OH is 1. The Kier molecular flexibility index (Phi) is 3.43. The SMILES string of the molecule is CC(C)Cc1noc(N2CCC(O)CC2)n1. The Labute approximate surface area is 95.4 Å². The first-order valence-corrected chi connectivity index (χ1v) is 5.90. The summed E-state index contributed by atoms with van der Waals surface area (Å²) in [6.07, 6.45) is 2.23. The average molecular weight is 225 g/mol. The van der Waals surface area contributed by atoms with E-state index in [0.717, 1.165) is 38.2 Å². The lowest BCUT2D eigenvalue weighted by Crippen LogP contribution is -2.36. The monoisotopic (exact) mass is 225 g/mol. The predicted octanol–water partition coefficient (Wildman–Crippen LogP) is 1.23. The van der Waals surface area contributed by atoms with E-state index in [1.165, 1.54) is 0 Å². The number of hydrogen-bond donors (Lipinski definition) is 1. The highest BCUT2D eigenvalue weighted by atomic mass is 16.5. The van der Waals surface area contributed by atoms with Crippen LogP contribution in [0.1, 0.15) is 32.5 Å². The maximum absolute atomic E-state index is 9.40. The molecule has 0 aromatic carbocycles. The van der Waals surface area contributed by atoms with Crippen LogP contribution in [0.2, 0.25) is 0 Å². The Hall–Kier alpha value is -1.10. The predicted molar refractivity (Wildman–Crippen MR) is 60.3 cm³/mol. The summed E-state index contributed by atoms with van der Waals surface area (Å²) in [6.45, 7) is 5.86. The summed E-state index contributed by atoms with van der Waals surface area (Å²) in [5.41, 5.74) is 0. The van der Waals surface area contributed by atoms with E-state index in [1.807, 2.05) is 4.90 Å². The lowest BCUT2D eigenvalue weighted by Gasteiger charge is -2.27. The van der Waals surface area contributed by atoms with Gasteiger partial charge in [-0.3, -0.25) is 0 Å². The third kappa shape index (κ3) is 2.72. The number of aliphatic hydroxyl groups is 1. The molecule has 16 heavy (non-hydrogen) atoms. The minimum Gasteiger partial charge on any atom is -0.393 e. The van der Waals surface area contributed by atoms with E-state index in [4.69, 9.17) is 4.52 Å². The molecule has 90 valence electrons. The number of rotatable bonds is 3. The van der Waals surface area contributed by atoms with Gasteiger partial charge in [-0.2, -0.15) is 4.98 Å². The van der Waals surface area contributed by atoms with Crippen molar-refractivity contribution in [2.45, 2.75) is 39.2 Å². The zero-order valence-corrected chi connectivity index (χ0v) is 9.89. The normalized spacial score (nSPS) is 18.4. The molecule has 1 aliphatic heterocycles. The van der Waals surface area contributed by atoms with Gasteiger partial charge in [0, 0.05) is 19.5 Å². The van der Waals surface area contributed by atoms with Crippen molar-refractivity contribution in [2.24, 2.45) is 5.92 Å². The van der Waals surface area contributed by atoms with Crippen molar-refractivity contribution in [2.75, 3.05) is 18.0 Å². The van der Waals surface area contributed by atoms with Gasteiger partial charge in [-0.15, -0.1) is 0 Å². The van der Waals surface area contributed by atoms with Gasteiger partial charge in [-0.05, 0) is 18.8 Å². The molecular weight excluding hydrogens is 206 g/mol. The van der Waals surface area contributed by atoms with Crippen LogP contribution in [0.3, 0.4) is 0 Å². The van der Waals surface area contributed by atoms with E-state index in [1.54, 1.807) is 0 Å². The first-order valence-electron chi connectivity index (χ1n) is 5.90. The summed E-state index contributed by atoms with van der Waals surface area (Å²) >= 11 is 0. The number of piperidine rings is 1. The zero-order chi connectivity index (χ0) is 11.5. The van der Waals surface area contributed by atoms with Gasteiger partial charge in [-0.1, -0.05) is 19.0 Å². The molecule has 1 fully saturated rings. The van der Waals surface area contributed by atoms with E-state index in [-0.39, 0.29) is 6.10 Å². The summed E-state index contributed by atoms with van der Waals surface area (Å²) < 4.78 is 5.22. The highest BCUT2D eigenvalue weighted by Crippen LogP contribution is 2.18. The Balaban J connectivity index is 1.96. The van der Waals surface area contributed by atoms with Crippen molar-refractivity contribution in [3.63, 3.8) is 0 Å². The summed E-state index contributed by atoms with van der Waals surface area (Å²) in [7, 11) is 0. The van der Waals surface area contributed by atoms with Crippen LogP contribution in [-0.2, 0) is 6.42 Å². The second-order valence-electron chi connectivity index (χ2n) is 4.81. The molecule has 0 radical (unpaired) electrons. The molecule has 1 aliphatic rings. The van der Waals surface area contributed by atoms with Crippen LogP contribution in [-0.4, -0.2) is 34.4 Å². The summed E-state index contributed by atoms with van der Waals surface area (Å²) in [5, 5.41) is 13.4. The van der Waals surface area contributed by atoms with E-state index < -0.39 is 0 Å². The molecule has 2 rings (SSSR count). The van der Waals surface area contributed by atoms with Crippen molar-refractivity contribution in [1.29, 1.82) is 0 Å². The summed E-state index contributed by atoms with van der Waals surface area (Å²) in [4.78, 5) is 6.41. The summed E-state index contributed by atoms with van der Waals surface area (Å²) in [5.74, 6) is 1.31. The molecule has 0 spiro atoms. The van der Waals surface area contributed by atoms with Crippen LogP contribution in [0.5, 0.6) is 0 Å². The van der Waals surface area contributed by atoms with Gasteiger partial charge < -0.3 is 14.5 Å². The van der Waals surface area contributed by atoms with Crippen molar-refractivity contribution in [3.8, 4) is 0 Å². The molecule has 1 saturated heterocycles. The Morgan fingerprint density at radius 3 is 2.75 bits per heavy atom. The van der Waals surface area contributed by atoms with Crippen molar-refractivity contribution < 1.29 is 9.63 Å². The van der Waals surface area contributed by atoms with Crippen LogP contribution >= 0.6 is 0 Å². The zero-order valence-electron chi connectivity index (χ0n) is 9.89. The average Bonchev–Trinajstić information content (AvgIpc) is 2.66. The van der Waals surface area contributed by atoms with Crippen LogP contribution < -0.4 is 4.90 Å². The number of aromatic nitrogens is 2. The highest BCUT2D eigenvalue weighted by Gasteiger charge is 2.21. The first-order chi connectivity index (χ1) is 7.65. The number of hydrogen-bond acceptors (Lipinski definition) is 5. The third-order valence-corrected chi connectivity index (χ3v) is 2.78. The van der Waals surface area contributed by atoms with Crippen LogP contribution in [0.15, 0.2) is 4.52 Å². The van der Waals surface area contributed by atoms with Crippen LogP contribution in [0.25, 0.3) is 0 Å². The maximum Gasteiger partial charge on any atom is 0.324 e. The standard InChI is InChI=1S/C11H19N3O2/c1-8(2)7-10-12-11(16-13-10)14-5-3-9(15)4-6-14/h8-9,15H,3-7H2,1-2H3. The largest absolute Gasteiger partial charge is 0.393 e. The molecule has 1 aromatic rings. The van der Waals surface area contributed by atoms with E-state index in [9.17, 15) is 5.11 Å². The van der Waals surface area contributed by atoms with Crippen molar-refractivity contribution >= 4 is 6.01 Å². The second kappa shape index (κ2) is 4.82. The quantitative estimate of drug-likeness (QED) is 0.838. The van der Waals surface area contributed by atoms with Gasteiger partial charge in [0.25, 0.3) is 0 Å². The van der Waals surface area contributed by atoms with E-state index in [2.05, 4.69) is 24.0 Å². The molecule has 0 aliphatic carbocycles. The lowest BCUT2D eigenvalue weighted by atomic mass is 10.1. The fourth-order valence-corrected chi connectivity index (χ4v) is 1.88. The third-order valence-electron chi connectivity index (χ3n) is 2.78. The van der Waals surface area contributed by atoms with Crippen molar-refractivity contribution in [3.05, 3.63) is 5.82 Å². The summed E-state index contributed by atoms with van der Waals surface area (Å²) in [6, 6.07) is 0.600. The van der Waals surface area contributed by atoms with Gasteiger partial charge in [0.1, 0.15) is 0 Å². The molecule has 5 heteroatoms. The molecular formula is C11H19N3O2. The topological polar surface area (TPSA) is 62.4 Å². The van der Waals surface area contributed by atoms with E-state index in [0.29, 0.717) is 11.9 Å². The molecule has 0 bridgehead atoms. The van der Waals surface area contributed by atoms with Crippen molar-refractivity contribution in [1.82, 2.24) is 10.1 Å².